The van der Waals surface area contributed by atoms with Crippen molar-refractivity contribution in [3.8, 4) is 0 Å². The Kier molecular flexibility index (Phi) is 5.59. The van der Waals surface area contributed by atoms with Gasteiger partial charge in [0.1, 0.15) is 23.5 Å². The van der Waals surface area contributed by atoms with Crippen LogP contribution in [0.3, 0.4) is 0 Å². The number of allylic oxidation sites excluding steroid dienone is 1. The third-order valence-corrected chi connectivity index (χ3v) is 5.27. The molecule has 26 heavy (non-hydrogen) atoms. The third kappa shape index (κ3) is 3.59. The molecule has 1 unspecified atom stereocenters. The summed E-state index contributed by atoms with van der Waals surface area (Å²) < 4.78 is 6.94. The minimum Gasteiger partial charge on any atom is -0.443 e. The van der Waals surface area contributed by atoms with Crippen LogP contribution in [0.15, 0.2) is 27.2 Å². The Morgan fingerprint density at radius 3 is 2.88 bits per heavy atom. The summed E-state index contributed by atoms with van der Waals surface area (Å²) in [5.74, 6) is 0.547. The molecule has 6 heteroatoms. The number of furan rings is 1. The SMILES string of the molecule is CCC(C(=O)NCCC1=CCCCC1)n1cnc2oc(C)c(C)c2c1=O. The molecule has 2 aromatic rings. The molecule has 2 aromatic heterocycles. The number of nitrogens with zero attached hydrogens (tertiary/aromatic N) is 2. The van der Waals surface area contributed by atoms with E-state index in [0.717, 1.165) is 24.8 Å². The average molecular weight is 357 g/mol. The van der Waals surface area contributed by atoms with Gasteiger partial charge in [0.25, 0.3) is 5.56 Å². The van der Waals surface area contributed by atoms with Crippen molar-refractivity contribution < 1.29 is 9.21 Å². The van der Waals surface area contributed by atoms with E-state index >= 15 is 0 Å². The first-order valence-corrected chi connectivity index (χ1v) is 9.45. The summed E-state index contributed by atoms with van der Waals surface area (Å²) in [5.41, 5.74) is 2.32. The quantitative estimate of drug-likeness (QED) is 0.802. The van der Waals surface area contributed by atoms with E-state index in [9.17, 15) is 9.59 Å². The maximum Gasteiger partial charge on any atom is 0.265 e. The van der Waals surface area contributed by atoms with E-state index in [1.165, 1.54) is 29.3 Å². The van der Waals surface area contributed by atoms with Gasteiger partial charge in [0.15, 0.2) is 0 Å². The Morgan fingerprint density at radius 1 is 1.38 bits per heavy atom. The van der Waals surface area contributed by atoms with Gasteiger partial charge in [-0.15, -0.1) is 0 Å². The lowest BCUT2D eigenvalue weighted by Gasteiger charge is -2.18. The summed E-state index contributed by atoms with van der Waals surface area (Å²) in [5, 5.41) is 3.45. The number of hydrogen-bond donors (Lipinski definition) is 1. The Hall–Kier alpha value is -2.37. The van der Waals surface area contributed by atoms with Crippen LogP contribution < -0.4 is 10.9 Å². The molecule has 0 saturated heterocycles. The predicted molar refractivity (Wildman–Crippen MR) is 101 cm³/mol. The molecule has 0 aliphatic heterocycles. The zero-order valence-electron chi connectivity index (χ0n) is 15.8. The van der Waals surface area contributed by atoms with Gasteiger partial charge in [-0.25, -0.2) is 4.98 Å². The Balaban J connectivity index is 1.75. The fraction of sp³-hybridized carbons (Fsp3) is 0.550. The van der Waals surface area contributed by atoms with Crippen molar-refractivity contribution in [2.24, 2.45) is 0 Å². The monoisotopic (exact) mass is 357 g/mol. The van der Waals surface area contributed by atoms with Crippen LogP contribution in [0.2, 0.25) is 0 Å². The lowest BCUT2D eigenvalue weighted by molar-refractivity contribution is -0.124. The number of rotatable bonds is 6. The standard InChI is InChI=1S/C20H27N3O3/c1-4-16(18(24)21-11-10-15-8-6-5-7-9-15)23-12-22-19-17(20(23)25)13(2)14(3)26-19/h8,12,16H,4-7,9-11H2,1-3H3,(H,21,24). The molecule has 1 aliphatic rings. The van der Waals surface area contributed by atoms with Crippen LogP contribution in [0.25, 0.3) is 11.1 Å². The Labute approximate surface area is 153 Å². The maximum absolute atomic E-state index is 12.9. The minimum atomic E-state index is -0.561. The van der Waals surface area contributed by atoms with Crippen LogP contribution in [0.4, 0.5) is 0 Å². The van der Waals surface area contributed by atoms with Crippen LogP contribution in [0.1, 0.15) is 62.8 Å². The summed E-state index contributed by atoms with van der Waals surface area (Å²) in [6, 6.07) is -0.561. The molecule has 2 heterocycles. The Morgan fingerprint density at radius 2 is 2.19 bits per heavy atom. The fourth-order valence-electron chi connectivity index (χ4n) is 3.57. The number of aromatic nitrogens is 2. The number of fused-ring (bicyclic) bond motifs is 1. The highest BCUT2D eigenvalue weighted by molar-refractivity contribution is 5.81. The minimum absolute atomic E-state index is 0.134. The van der Waals surface area contributed by atoms with Crippen molar-refractivity contribution >= 4 is 17.0 Å². The molecule has 140 valence electrons. The number of nitrogens with one attached hydrogen (secondary N) is 1. The van der Waals surface area contributed by atoms with Crippen LogP contribution in [0, 0.1) is 13.8 Å². The molecule has 0 saturated carbocycles. The lowest BCUT2D eigenvalue weighted by Crippen LogP contribution is -2.37. The summed E-state index contributed by atoms with van der Waals surface area (Å²) in [6.07, 6.45) is 9.90. The van der Waals surface area contributed by atoms with Gasteiger partial charge in [-0.1, -0.05) is 18.6 Å². The molecule has 0 aromatic carbocycles. The molecular formula is C20H27N3O3. The molecule has 1 N–H and O–H groups in total. The molecule has 0 bridgehead atoms. The predicted octanol–water partition coefficient (Wildman–Crippen LogP) is 3.56. The maximum atomic E-state index is 12.9. The molecular weight excluding hydrogens is 330 g/mol. The first kappa shape index (κ1) is 18.4. The van der Waals surface area contributed by atoms with E-state index < -0.39 is 6.04 Å². The lowest BCUT2D eigenvalue weighted by atomic mass is 9.97. The van der Waals surface area contributed by atoms with Crippen molar-refractivity contribution in [3.63, 3.8) is 0 Å². The molecule has 0 fully saturated rings. The molecule has 3 rings (SSSR count). The summed E-state index contributed by atoms with van der Waals surface area (Å²) in [6.45, 7) is 6.16. The number of aryl methyl sites for hydroxylation is 2. The molecule has 1 atom stereocenters. The third-order valence-electron chi connectivity index (χ3n) is 5.27. The van der Waals surface area contributed by atoms with Gasteiger partial charge in [-0.05, 0) is 52.4 Å². The summed E-state index contributed by atoms with van der Waals surface area (Å²) in [7, 11) is 0. The van der Waals surface area contributed by atoms with Gasteiger partial charge in [0.05, 0.1) is 0 Å². The van der Waals surface area contributed by atoms with Gasteiger partial charge in [-0.2, -0.15) is 0 Å². The highest BCUT2D eigenvalue weighted by Gasteiger charge is 2.22. The van der Waals surface area contributed by atoms with Gasteiger partial charge in [-0.3, -0.25) is 14.2 Å². The molecule has 0 radical (unpaired) electrons. The first-order valence-electron chi connectivity index (χ1n) is 9.45. The highest BCUT2D eigenvalue weighted by Crippen LogP contribution is 2.21. The van der Waals surface area contributed by atoms with Gasteiger partial charge in [0, 0.05) is 12.1 Å². The number of hydrogen-bond acceptors (Lipinski definition) is 4. The molecule has 0 spiro atoms. The van der Waals surface area contributed by atoms with Crippen molar-refractivity contribution in [2.75, 3.05) is 6.54 Å². The smallest absolute Gasteiger partial charge is 0.265 e. The summed E-state index contributed by atoms with van der Waals surface area (Å²) in [4.78, 5) is 29.8. The van der Waals surface area contributed by atoms with Crippen LogP contribution in [0.5, 0.6) is 0 Å². The van der Waals surface area contributed by atoms with Crippen LogP contribution in [-0.4, -0.2) is 22.0 Å². The van der Waals surface area contributed by atoms with Crippen molar-refractivity contribution in [3.05, 3.63) is 39.7 Å². The van der Waals surface area contributed by atoms with Crippen LogP contribution in [-0.2, 0) is 4.79 Å². The zero-order valence-corrected chi connectivity index (χ0v) is 15.8. The number of amides is 1. The normalized spacial score (nSPS) is 15.7. The second kappa shape index (κ2) is 7.89. The fourth-order valence-corrected chi connectivity index (χ4v) is 3.57. The van der Waals surface area contributed by atoms with Crippen molar-refractivity contribution in [1.29, 1.82) is 0 Å². The molecule has 1 amide bonds. The van der Waals surface area contributed by atoms with Crippen LogP contribution >= 0.6 is 0 Å². The van der Waals surface area contributed by atoms with Gasteiger partial charge >= 0.3 is 0 Å². The van der Waals surface area contributed by atoms with E-state index in [0.29, 0.717) is 29.8 Å². The van der Waals surface area contributed by atoms with Gasteiger partial charge < -0.3 is 9.73 Å². The second-order valence-electron chi connectivity index (χ2n) is 6.99. The van der Waals surface area contributed by atoms with E-state index in [1.807, 2.05) is 20.8 Å². The largest absolute Gasteiger partial charge is 0.443 e. The van der Waals surface area contributed by atoms with Crippen molar-refractivity contribution in [1.82, 2.24) is 14.9 Å². The molecule has 6 nitrogen and oxygen atoms in total. The zero-order chi connectivity index (χ0) is 18.7. The average Bonchev–Trinajstić information content (AvgIpc) is 2.93. The Bertz CT molecular complexity index is 892. The number of carbonyl (C=O) groups excluding carboxylic acids is 1. The first-order chi connectivity index (χ1) is 12.5. The van der Waals surface area contributed by atoms with Crippen molar-refractivity contribution in [2.45, 2.75) is 65.3 Å². The topological polar surface area (TPSA) is 77.1 Å². The van der Waals surface area contributed by atoms with E-state index in [4.69, 9.17) is 4.42 Å². The highest BCUT2D eigenvalue weighted by atomic mass is 16.3. The van der Waals surface area contributed by atoms with Gasteiger partial charge in [0.2, 0.25) is 11.6 Å². The second-order valence-corrected chi connectivity index (χ2v) is 6.99. The summed E-state index contributed by atoms with van der Waals surface area (Å²) >= 11 is 0. The number of carbonyl (C=O) groups is 1. The van der Waals surface area contributed by atoms with E-state index in [-0.39, 0.29) is 11.5 Å². The van der Waals surface area contributed by atoms with E-state index in [1.54, 1.807) is 0 Å². The van der Waals surface area contributed by atoms with E-state index in [2.05, 4.69) is 16.4 Å². The molecule has 1 aliphatic carbocycles.